The first-order chi connectivity index (χ1) is 21.8. The highest BCUT2D eigenvalue weighted by Crippen LogP contribution is 2.56. The van der Waals surface area contributed by atoms with Gasteiger partial charge in [0.05, 0.1) is 12.2 Å². The molecule has 8 atom stereocenters. The predicted octanol–water partition coefficient (Wildman–Crippen LogP) is 10.1. The number of nitrogens with zero attached hydrogens (tertiary/aromatic N) is 1. The molecule has 3 aliphatic carbocycles. The number of morpholine rings is 1. The summed E-state index contributed by atoms with van der Waals surface area (Å²) in [5.41, 5.74) is 9.32. The van der Waals surface area contributed by atoms with Crippen molar-refractivity contribution in [2.75, 3.05) is 0 Å². The molecule has 3 saturated carbocycles. The first kappa shape index (κ1) is 27.1. The third kappa shape index (κ3) is 4.68. The lowest BCUT2D eigenvalue weighted by atomic mass is 9.68. The molecule has 0 aromatic heterocycles. The quantitative estimate of drug-likeness (QED) is 0.238. The van der Waals surface area contributed by atoms with Crippen LogP contribution in [0.1, 0.15) is 75.7 Å². The molecule has 44 heavy (non-hydrogen) atoms. The lowest BCUT2D eigenvalue weighted by molar-refractivity contribution is -0.177. The average Bonchev–Trinajstić information content (AvgIpc) is 3.44. The molecule has 4 aromatic rings. The number of ether oxygens (including phenoxy) is 1. The Labute approximate surface area is 263 Å². The molecule has 2 heterocycles. The Balaban J connectivity index is 0.957. The van der Waals surface area contributed by atoms with Gasteiger partial charge in [0.25, 0.3) is 0 Å². The number of rotatable bonds is 4. The van der Waals surface area contributed by atoms with Gasteiger partial charge in [0.2, 0.25) is 0 Å². The first-order valence-corrected chi connectivity index (χ1v) is 17.6. The summed E-state index contributed by atoms with van der Waals surface area (Å²) >= 11 is 0. The van der Waals surface area contributed by atoms with Gasteiger partial charge in [-0.1, -0.05) is 116 Å². The Hall–Kier alpha value is -3.20. The number of hydrogen-bond acceptors (Lipinski definition) is 2. The van der Waals surface area contributed by atoms with E-state index in [9.17, 15) is 0 Å². The van der Waals surface area contributed by atoms with Crippen molar-refractivity contribution >= 4 is 0 Å². The van der Waals surface area contributed by atoms with Gasteiger partial charge in [0.15, 0.2) is 0 Å². The van der Waals surface area contributed by atoms with Crippen molar-refractivity contribution in [3.63, 3.8) is 0 Å². The molecule has 0 amide bonds. The van der Waals surface area contributed by atoms with E-state index in [2.05, 4.69) is 108 Å². The van der Waals surface area contributed by atoms with Crippen LogP contribution in [0.3, 0.4) is 0 Å². The Morgan fingerprint density at radius 3 is 1.98 bits per heavy atom. The van der Waals surface area contributed by atoms with E-state index in [-0.39, 0.29) is 0 Å². The molecule has 224 valence electrons. The minimum absolute atomic E-state index is 0.502. The molecular formula is C42H45NO. The largest absolute Gasteiger partial charge is 0.372 e. The van der Waals surface area contributed by atoms with Crippen molar-refractivity contribution in [3.05, 3.63) is 109 Å². The Kier molecular flexibility index (Phi) is 6.97. The number of fused-ring (bicyclic) bond motifs is 5. The van der Waals surface area contributed by atoms with Crippen molar-refractivity contribution in [1.82, 2.24) is 4.90 Å². The van der Waals surface area contributed by atoms with Gasteiger partial charge in [0.1, 0.15) is 0 Å². The van der Waals surface area contributed by atoms with Crippen LogP contribution in [-0.4, -0.2) is 35.2 Å². The van der Waals surface area contributed by atoms with E-state index in [0.717, 1.165) is 17.9 Å². The molecule has 0 N–H and O–H groups in total. The van der Waals surface area contributed by atoms with Crippen molar-refractivity contribution in [2.45, 2.75) is 100 Å². The van der Waals surface area contributed by atoms with Gasteiger partial charge in [-0.15, -0.1) is 0 Å². The summed E-state index contributed by atoms with van der Waals surface area (Å²) in [7, 11) is 0. The van der Waals surface area contributed by atoms with Crippen molar-refractivity contribution in [3.8, 4) is 33.4 Å². The second-order valence-corrected chi connectivity index (χ2v) is 14.5. The van der Waals surface area contributed by atoms with Crippen LogP contribution in [0, 0.1) is 11.8 Å². The zero-order valence-electron chi connectivity index (χ0n) is 25.9. The van der Waals surface area contributed by atoms with Gasteiger partial charge in [-0.2, -0.15) is 0 Å². The molecule has 0 radical (unpaired) electrons. The molecule has 8 unspecified atom stereocenters. The smallest absolute Gasteiger partial charge is 0.0737 e. The van der Waals surface area contributed by atoms with Crippen LogP contribution in [0.2, 0.25) is 0 Å². The molecule has 2 saturated heterocycles. The molecule has 4 aromatic carbocycles. The monoisotopic (exact) mass is 579 g/mol. The molecule has 9 rings (SSSR count). The Morgan fingerprint density at radius 2 is 1.14 bits per heavy atom. The van der Waals surface area contributed by atoms with Gasteiger partial charge in [0, 0.05) is 18.1 Å². The zero-order chi connectivity index (χ0) is 29.0. The highest BCUT2D eigenvalue weighted by atomic mass is 16.5. The molecule has 5 fully saturated rings. The third-order valence-electron chi connectivity index (χ3n) is 12.3. The number of hydrogen-bond donors (Lipinski definition) is 0. The van der Waals surface area contributed by atoms with Crippen LogP contribution >= 0.6 is 0 Å². The fraction of sp³-hybridized carbons (Fsp3) is 0.429. The molecule has 0 spiro atoms. The Bertz CT molecular complexity index is 1610. The van der Waals surface area contributed by atoms with Crippen LogP contribution in [0.5, 0.6) is 0 Å². The standard InChI is InChI=1S/C42H45NO/c1-2-9-28(10-3-1)29-19-21-30(22-20-29)31-11-6-12-32(25-31)33-13-7-14-34(26-33)35-23-24-38-37(27-35)36-15-8-18-41-42(36)43(38)39-16-4-5-17-40(39)44-41/h1-3,6-7,9-14,19-22,25-26,35-42H,4-5,8,15-18,23-24,27H2. The van der Waals surface area contributed by atoms with Crippen LogP contribution < -0.4 is 0 Å². The summed E-state index contributed by atoms with van der Waals surface area (Å²) in [4.78, 5) is 3.09. The van der Waals surface area contributed by atoms with E-state index < -0.39 is 0 Å². The number of benzene rings is 4. The lowest BCUT2D eigenvalue weighted by Crippen LogP contribution is -2.63. The van der Waals surface area contributed by atoms with Crippen LogP contribution in [0.4, 0.5) is 0 Å². The maximum absolute atomic E-state index is 6.88. The molecule has 2 nitrogen and oxygen atoms in total. The maximum Gasteiger partial charge on any atom is 0.0737 e. The fourth-order valence-electron chi connectivity index (χ4n) is 10.3. The van der Waals surface area contributed by atoms with Gasteiger partial charge >= 0.3 is 0 Å². The maximum atomic E-state index is 6.88. The van der Waals surface area contributed by atoms with E-state index in [0.29, 0.717) is 30.2 Å². The molecule has 2 heteroatoms. The molecule has 5 aliphatic rings. The van der Waals surface area contributed by atoms with Gasteiger partial charge in [-0.3, -0.25) is 4.90 Å². The highest BCUT2D eigenvalue weighted by molar-refractivity contribution is 5.75. The topological polar surface area (TPSA) is 12.5 Å². The zero-order valence-corrected chi connectivity index (χ0v) is 25.9. The molecule has 0 bridgehead atoms. The minimum atomic E-state index is 0.502. The van der Waals surface area contributed by atoms with Gasteiger partial charge in [-0.05, 0) is 108 Å². The van der Waals surface area contributed by atoms with E-state index in [4.69, 9.17) is 4.74 Å². The lowest BCUT2D eigenvalue weighted by Gasteiger charge is -2.53. The van der Waals surface area contributed by atoms with Crippen molar-refractivity contribution in [1.29, 1.82) is 0 Å². The van der Waals surface area contributed by atoms with E-state index in [1.165, 1.54) is 97.6 Å². The predicted molar refractivity (Wildman–Crippen MR) is 181 cm³/mol. The van der Waals surface area contributed by atoms with Gasteiger partial charge < -0.3 is 4.74 Å². The van der Waals surface area contributed by atoms with Gasteiger partial charge in [-0.25, -0.2) is 0 Å². The normalized spacial score (nSPS) is 32.8. The second-order valence-electron chi connectivity index (χ2n) is 14.5. The summed E-state index contributed by atoms with van der Waals surface area (Å²) in [5.74, 6) is 2.36. The molecule has 2 aliphatic heterocycles. The summed E-state index contributed by atoms with van der Waals surface area (Å²) in [5, 5.41) is 0. The van der Waals surface area contributed by atoms with E-state index >= 15 is 0 Å². The third-order valence-corrected chi connectivity index (χ3v) is 12.3. The van der Waals surface area contributed by atoms with Crippen LogP contribution in [0.15, 0.2) is 103 Å². The average molecular weight is 580 g/mol. The summed E-state index contributed by atoms with van der Waals surface area (Å²) in [6.45, 7) is 0. The SMILES string of the molecule is c1ccc(-c2ccc(-c3cccc(-c4cccc(C5CCC6C(C5)C5CCCC7OC8CCCCC8N6C75)c4)c3)cc2)cc1. The summed E-state index contributed by atoms with van der Waals surface area (Å²) in [6.07, 6.45) is 14.6. The summed E-state index contributed by atoms with van der Waals surface area (Å²) in [6, 6.07) is 40.6. The Morgan fingerprint density at radius 1 is 0.477 bits per heavy atom. The van der Waals surface area contributed by atoms with Crippen LogP contribution in [0.25, 0.3) is 33.4 Å². The minimum Gasteiger partial charge on any atom is -0.372 e. The second kappa shape index (κ2) is 11.3. The van der Waals surface area contributed by atoms with Crippen molar-refractivity contribution in [2.24, 2.45) is 11.8 Å². The van der Waals surface area contributed by atoms with Crippen LogP contribution in [-0.2, 0) is 4.74 Å². The fourth-order valence-corrected chi connectivity index (χ4v) is 10.3. The first-order valence-electron chi connectivity index (χ1n) is 17.6. The van der Waals surface area contributed by atoms with E-state index in [1.54, 1.807) is 5.56 Å². The molecular weight excluding hydrogens is 534 g/mol. The highest BCUT2D eigenvalue weighted by Gasteiger charge is 2.59. The van der Waals surface area contributed by atoms with Crippen molar-refractivity contribution < 1.29 is 4.74 Å². The van der Waals surface area contributed by atoms with E-state index in [1.807, 2.05) is 0 Å². The summed E-state index contributed by atoms with van der Waals surface area (Å²) < 4.78 is 6.88.